The van der Waals surface area contributed by atoms with E-state index in [-0.39, 0.29) is 5.91 Å². The summed E-state index contributed by atoms with van der Waals surface area (Å²) in [4.78, 5) is 17.1. The quantitative estimate of drug-likeness (QED) is 0.760. The van der Waals surface area contributed by atoms with Gasteiger partial charge < -0.3 is 14.6 Å². The van der Waals surface area contributed by atoms with Crippen molar-refractivity contribution >= 4 is 17.5 Å². The van der Waals surface area contributed by atoms with E-state index in [1.807, 2.05) is 42.1 Å². The third-order valence-corrected chi connectivity index (χ3v) is 4.20. The number of ether oxygens (including phenoxy) is 1. The molecule has 1 amide bonds. The number of imidazole rings is 1. The average molecular weight is 356 g/mol. The third-order valence-electron chi connectivity index (χ3n) is 3.95. The minimum atomic E-state index is -0.445. The van der Waals surface area contributed by atoms with Crippen LogP contribution in [0.3, 0.4) is 0 Å². The third kappa shape index (κ3) is 3.67. The zero-order valence-electron chi connectivity index (χ0n) is 13.9. The first-order valence-electron chi connectivity index (χ1n) is 7.76. The number of para-hydroxylation sites is 1. The Balaban J connectivity index is 1.99. The van der Waals surface area contributed by atoms with E-state index in [4.69, 9.17) is 16.3 Å². The number of carbonyl (C=O) groups is 1. The largest absolute Gasteiger partial charge is 0.496 e. The SMILES string of the molecule is COc1ccccc1C(NC(=O)c1ccc(Cl)cc1)c1nccn1C. The van der Waals surface area contributed by atoms with Crippen LogP contribution in [0.15, 0.2) is 60.9 Å². The van der Waals surface area contributed by atoms with Crippen molar-refractivity contribution in [3.63, 3.8) is 0 Å². The molecular weight excluding hydrogens is 338 g/mol. The number of carbonyl (C=O) groups excluding carboxylic acids is 1. The molecule has 1 heterocycles. The van der Waals surface area contributed by atoms with Gasteiger partial charge in [0.15, 0.2) is 0 Å². The predicted octanol–water partition coefficient (Wildman–Crippen LogP) is 3.60. The van der Waals surface area contributed by atoms with Gasteiger partial charge in [0.1, 0.15) is 17.6 Å². The standard InChI is InChI=1S/C19H18ClN3O2/c1-23-12-11-21-18(23)17(15-5-3-4-6-16(15)25-2)22-19(24)13-7-9-14(20)10-8-13/h3-12,17H,1-2H3,(H,22,24). The average Bonchev–Trinajstić information content (AvgIpc) is 3.06. The Morgan fingerprint density at radius 3 is 2.56 bits per heavy atom. The summed E-state index contributed by atoms with van der Waals surface area (Å²) in [5, 5.41) is 3.63. The van der Waals surface area contributed by atoms with Crippen LogP contribution in [0.25, 0.3) is 0 Å². The first-order chi connectivity index (χ1) is 12.1. The Kier molecular flexibility index (Phi) is 5.05. The lowest BCUT2D eigenvalue weighted by molar-refractivity contribution is 0.0941. The Morgan fingerprint density at radius 2 is 1.92 bits per heavy atom. The number of hydrogen-bond donors (Lipinski definition) is 1. The fourth-order valence-corrected chi connectivity index (χ4v) is 2.78. The highest BCUT2D eigenvalue weighted by Gasteiger charge is 2.24. The van der Waals surface area contributed by atoms with Gasteiger partial charge in [-0.2, -0.15) is 0 Å². The molecule has 0 spiro atoms. The second kappa shape index (κ2) is 7.40. The van der Waals surface area contributed by atoms with Crippen molar-refractivity contribution in [1.82, 2.24) is 14.9 Å². The number of aryl methyl sites for hydroxylation is 1. The zero-order chi connectivity index (χ0) is 17.8. The summed E-state index contributed by atoms with van der Waals surface area (Å²) in [5.74, 6) is 1.19. The van der Waals surface area contributed by atoms with Crippen molar-refractivity contribution in [3.8, 4) is 5.75 Å². The van der Waals surface area contributed by atoms with Crippen LogP contribution < -0.4 is 10.1 Å². The Morgan fingerprint density at radius 1 is 1.20 bits per heavy atom. The van der Waals surface area contributed by atoms with Crippen LogP contribution in [0.1, 0.15) is 27.8 Å². The lowest BCUT2D eigenvalue weighted by Crippen LogP contribution is -2.31. The van der Waals surface area contributed by atoms with Gasteiger partial charge in [-0.25, -0.2) is 4.98 Å². The summed E-state index contributed by atoms with van der Waals surface area (Å²) >= 11 is 5.90. The molecule has 0 aliphatic heterocycles. The van der Waals surface area contributed by atoms with Crippen molar-refractivity contribution in [2.75, 3.05) is 7.11 Å². The van der Waals surface area contributed by atoms with Crippen LogP contribution in [-0.4, -0.2) is 22.6 Å². The normalized spacial score (nSPS) is 11.8. The van der Waals surface area contributed by atoms with Gasteiger partial charge in [0.25, 0.3) is 5.91 Å². The summed E-state index contributed by atoms with van der Waals surface area (Å²) in [6, 6.07) is 13.9. The zero-order valence-corrected chi connectivity index (χ0v) is 14.7. The fourth-order valence-electron chi connectivity index (χ4n) is 2.66. The predicted molar refractivity (Wildman–Crippen MR) is 97.0 cm³/mol. The van der Waals surface area contributed by atoms with Gasteiger partial charge in [-0.3, -0.25) is 4.79 Å². The summed E-state index contributed by atoms with van der Waals surface area (Å²) in [5.41, 5.74) is 1.36. The minimum Gasteiger partial charge on any atom is -0.496 e. The highest BCUT2D eigenvalue weighted by atomic mass is 35.5. The van der Waals surface area contributed by atoms with Gasteiger partial charge in [0.05, 0.1) is 7.11 Å². The monoisotopic (exact) mass is 355 g/mol. The smallest absolute Gasteiger partial charge is 0.252 e. The number of aromatic nitrogens is 2. The van der Waals surface area contributed by atoms with Crippen LogP contribution in [0, 0.1) is 0 Å². The van der Waals surface area contributed by atoms with Crippen LogP contribution in [0.4, 0.5) is 0 Å². The lowest BCUT2D eigenvalue weighted by atomic mass is 10.0. The van der Waals surface area contributed by atoms with Crippen molar-refractivity contribution < 1.29 is 9.53 Å². The summed E-state index contributed by atoms with van der Waals surface area (Å²) < 4.78 is 7.34. The molecule has 0 bridgehead atoms. The molecule has 25 heavy (non-hydrogen) atoms. The van der Waals surface area contributed by atoms with Crippen molar-refractivity contribution in [2.45, 2.75) is 6.04 Å². The second-order valence-electron chi connectivity index (χ2n) is 5.55. The Labute approximate surface area is 151 Å². The summed E-state index contributed by atoms with van der Waals surface area (Å²) in [6.07, 6.45) is 3.54. The maximum atomic E-state index is 12.7. The lowest BCUT2D eigenvalue weighted by Gasteiger charge is -2.21. The van der Waals surface area contributed by atoms with Crippen molar-refractivity contribution in [3.05, 3.63) is 82.9 Å². The number of nitrogens with one attached hydrogen (secondary N) is 1. The molecule has 2 aromatic carbocycles. The molecule has 0 aliphatic carbocycles. The van der Waals surface area contributed by atoms with E-state index < -0.39 is 6.04 Å². The van der Waals surface area contributed by atoms with Gasteiger partial charge in [-0.1, -0.05) is 29.8 Å². The van der Waals surface area contributed by atoms with Gasteiger partial charge in [-0.15, -0.1) is 0 Å². The molecule has 0 saturated carbocycles. The van der Waals surface area contributed by atoms with Crippen LogP contribution >= 0.6 is 11.6 Å². The second-order valence-corrected chi connectivity index (χ2v) is 5.99. The highest BCUT2D eigenvalue weighted by Crippen LogP contribution is 2.29. The maximum Gasteiger partial charge on any atom is 0.252 e. The van der Waals surface area contributed by atoms with Gasteiger partial charge in [0, 0.05) is 35.6 Å². The Hall–Kier alpha value is -2.79. The van der Waals surface area contributed by atoms with E-state index in [0.717, 1.165) is 5.56 Å². The molecule has 3 rings (SSSR count). The van der Waals surface area contributed by atoms with E-state index in [0.29, 0.717) is 22.2 Å². The highest BCUT2D eigenvalue weighted by molar-refractivity contribution is 6.30. The van der Waals surface area contributed by atoms with E-state index >= 15 is 0 Å². The summed E-state index contributed by atoms with van der Waals surface area (Å²) in [7, 11) is 3.49. The van der Waals surface area contributed by atoms with Crippen LogP contribution in [-0.2, 0) is 7.05 Å². The topological polar surface area (TPSA) is 56.1 Å². The number of hydrogen-bond acceptors (Lipinski definition) is 3. The van der Waals surface area contributed by atoms with E-state index in [2.05, 4.69) is 10.3 Å². The molecule has 1 atom stereocenters. The van der Waals surface area contributed by atoms with Gasteiger partial charge in [-0.05, 0) is 30.3 Å². The number of benzene rings is 2. The first kappa shape index (κ1) is 17.0. The molecule has 0 saturated heterocycles. The molecule has 0 radical (unpaired) electrons. The molecule has 6 heteroatoms. The molecule has 0 fully saturated rings. The number of methoxy groups -OCH3 is 1. The van der Waals surface area contributed by atoms with E-state index in [1.54, 1.807) is 37.6 Å². The van der Waals surface area contributed by atoms with Gasteiger partial charge in [0.2, 0.25) is 0 Å². The summed E-state index contributed by atoms with van der Waals surface area (Å²) in [6.45, 7) is 0. The fraction of sp³-hybridized carbons (Fsp3) is 0.158. The van der Waals surface area contributed by atoms with Crippen LogP contribution in [0.2, 0.25) is 5.02 Å². The molecule has 3 aromatic rings. The van der Waals surface area contributed by atoms with Crippen molar-refractivity contribution in [2.24, 2.45) is 7.05 Å². The number of rotatable bonds is 5. The number of halogens is 1. The van der Waals surface area contributed by atoms with Crippen molar-refractivity contribution in [1.29, 1.82) is 0 Å². The molecule has 1 aromatic heterocycles. The minimum absolute atomic E-state index is 0.212. The molecular formula is C19H18ClN3O2. The molecule has 1 unspecified atom stereocenters. The number of nitrogens with zero attached hydrogens (tertiary/aromatic N) is 2. The van der Waals surface area contributed by atoms with Crippen LogP contribution in [0.5, 0.6) is 5.75 Å². The molecule has 0 aliphatic rings. The molecule has 5 nitrogen and oxygen atoms in total. The molecule has 1 N–H and O–H groups in total. The first-order valence-corrected chi connectivity index (χ1v) is 8.14. The maximum absolute atomic E-state index is 12.7. The van der Waals surface area contributed by atoms with E-state index in [1.165, 1.54) is 0 Å². The van der Waals surface area contributed by atoms with Gasteiger partial charge >= 0.3 is 0 Å². The molecule has 128 valence electrons. The Bertz CT molecular complexity index is 874. The number of amides is 1. The van der Waals surface area contributed by atoms with E-state index in [9.17, 15) is 4.79 Å².